The number of rotatable bonds is 3. The van der Waals surface area contributed by atoms with Gasteiger partial charge >= 0.3 is 5.97 Å². The summed E-state index contributed by atoms with van der Waals surface area (Å²) in [5.74, 6) is -8.25. The summed E-state index contributed by atoms with van der Waals surface area (Å²) < 4.78 is 61.6. The number of carbonyl (C=O) groups excluding carboxylic acids is 1. The van der Waals surface area contributed by atoms with Crippen molar-refractivity contribution in [3.63, 3.8) is 0 Å². The molecule has 2 N–H and O–H groups in total. The Hall–Kier alpha value is -1.83. The Balaban J connectivity index is 2.14. The number of nitrogens with two attached hydrogens (primary N) is 1. The van der Waals surface area contributed by atoms with Crippen molar-refractivity contribution in [3.8, 4) is 5.75 Å². The maximum atomic E-state index is 13.2. The van der Waals surface area contributed by atoms with Crippen molar-refractivity contribution in [1.29, 1.82) is 0 Å². The van der Waals surface area contributed by atoms with Crippen molar-refractivity contribution in [2.75, 3.05) is 6.61 Å². The average molecular weight is 279 g/mol. The van der Waals surface area contributed by atoms with Gasteiger partial charge in [-0.15, -0.1) is 0 Å². The predicted molar refractivity (Wildman–Crippen MR) is 54.2 cm³/mol. The maximum absolute atomic E-state index is 13.2. The molecule has 1 aromatic rings. The first-order valence-corrected chi connectivity index (χ1v) is 5.31. The van der Waals surface area contributed by atoms with E-state index < -0.39 is 53.7 Å². The van der Waals surface area contributed by atoms with Crippen LogP contribution < -0.4 is 10.5 Å². The van der Waals surface area contributed by atoms with Gasteiger partial charge in [0.05, 0.1) is 12.5 Å². The summed E-state index contributed by atoms with van der Waals surface area (Å²) in [6.45, 7) is -0.496. The third kappa shape index (κ3) is 2.62. The lowest BCUT2D eigenvalue weighted by Crippen LogP contribution is -2.35. The van der Waals surface area contributed by atoms with E-state index in [0.29, 0.717) is 0 Å². The normalized spacial score (nSPS) is 22.5. The Morgan fingerprint density at radius 2 is 1.84 bits per heavy atom. The number of cyclic esters (lactones) is 1. The quantitative estimate of drug-likeness (QED) is 0.514. The Bertz CT molecular complexity index is 497. The van der Waals surface area contributed by atoms with E-state index in [1.165, 1.54) is 0 Å². The third-order valence-corrected chi connectivity index (χ3v) is 2.63. The first-order chi connectivity index (χ1) is 8.90. The van der Waals surface area contributed by atoms with E-state index in [0.717, 1.165) is 0 Å². The number of benzene rings is 1. The molecule has 0 saturated carbocycles. The Kier molecular flexibility index (Phi) is 3.61. The molecule has 104 valence electrons. The highest BCUT2D eigenvalue weighted by Gasteiger charge is 2.33. The average Bonchev–Trinajstić information content (AvgIpc) is 2.65. The molecule has 2 atom stereocenters. The van der Waals surface area contributed by atoms with Gasteiger partial charge in [0.25, 0.3) is 0 Å². The zero-order chi connectivity index (χ0) is 14.2. The van der Waals surface area contributed by atoms with Crippen molar-refractivity contribution in [1.82, 2.24) is 0 Å². The molecule has 4 nitrogen and oxygen atoms in total. The summed E-state index contributed by atoms with van der Waals surface area (Å²) in [7, 11) is 0. The molecule has 0 bridgehead atoms. The summed E-state index contributed by atoms with van der Waals surface area (Å²) in [5, 5.41) is 0. The number of halogens is 4. The largest absolute Gasteiger partial charge is 0.483 e. The number of ether oxygens (including phenoxy) is 2. The second-order valence-corrected chi connectivity index (χ2v) is 4.00. The maximum Gasteiger partial charge on any atom is 0.307 e. The molecule has 8 heteroatoms. The third-order valence-electron chi connectivity index (χ3n) is 2.63. The summed E-state index contributed by atoms with van der Waals surface area (Å²) in [4.78, 5) is 10.9. The molecule has 0 amide bonds. The first kappa shape index (κ1) is 13.6. The molecule has 0 aromatic heterocycles. The van der Waals surface area contributed by atoms with Crippen LogP contribution in [0.4, 0.5) is 17.6 Å². The predicted octanol–water partition coefficient (Wildman–Crippen LogP) is 1.26. The summed E-state index contributed by atoms with van der Waals surface area (Å²) >= 11 is 0. The molecule has 19 heavy (non-hydrogen) atoms. The second-order valence-electron chi connectivity index (χ2n) is 4.00. The molecule has 2 rings (SSSR count). The number of hydrogen-bond acceptors (Lipinski definition) is 4. The van der Waals surface area contributed by atoms with Crippen molar-refractivity contribution in [3.05, 3.63) is 29.3 Å². The first-order valence-electron chi connectivity index (χ1n) is 5.31. The van der Waals surface area contributed by atoms with Crippen LogP contribution in [0.1, 0.15) is 6.42 Å². The van der Waals surface area contributed by atoms with Crippen LogP contribution in [-0.4, -0.2) is 24.7 Å². The van der Waals surface area contributed by atoms with Gasteiger partial charge in [0.15, 0.2) is 23.5 Å². The highest BCUT2D eigenvalue weighted by Crippen LogP contribution is 2.27. The van der Waals surface area contributed by atoms with Crippen LogP contribution in [0.15, 0.2) is 6.07 Å². The van der Waals surface area contributed by atoms with Crippen molar-refractivity contribution in [2.45, 2.75) is 18.6 Å². The van der Waals surface area contributed by atoms with E-state index in [-0.39, 0.29) is 12.5 Å². The molecule has 1 saturated heterocycles. The van der Waals surface area contributed by atoms with Gasteiger partial charge in [-0.25, -0.2) is 8.78 Å². The van der Waals surface area contributed by atoms with Gasteiger partial charge in [0.1, 0.15) is 6.61 Å². The Labute approximate surface area is 105 Å². The summed E-state index contributed by atoms with van der Waals surface area (Å²) in [6, 6.07) is -0.629. The molecule has 0 radical (unpaired) electrons. The molecular weight excluding hydrogens is 270 g/mol. The fourth-order valence-corrected chi connectivity index (χ4v) is 1.63. The van der Waals surface area contributed by atoms with E-state index in [9.17, 15) is 22.4 Å². The van der Waals surface area contributed by atoms with Crippen LogP contribution in [-0.2, 0) is 9.53 Å². The lowest BCUT2D eigenvalue weighted by atomic mass is 10.2. The number of esters is 1. The van der Waals surface area contributed by atoms with Gasteiger partial charge in [0.2, 0.25) is 11.6 Å². The molecule has 1 aromatic carbocycles. The molecule has 1 fully saturated rings. The Morgan fingerprint density at radius 1 is 1.26 bits per heavy atom. The lowest BCUT2D eigenvalue weighted by Gasteiger charge is -2.15. The van der Waals surface area contributed by atoms with E-state index in [1.807, 2.05) is 0 Å². The topological polar surface area (TPSA) is 61.6 Å². The molecular formula is C11H9F4NO3. The monoisotopic (exact) mass is 279 g/mol. The molecule has 1 aliphatic rings. The van der Waals surface area contributed by atoms with E-state index in [4.69, 9.17) is 10.5 Å². The summed E-state index contributed by atoms with van der Waals surface area (Å²) in [5.41, 5.74) is 5.51. The zero-order valence-corrected chi connectivity index (χ0v) is 9.46. The lowest BCUT2D eigenvalue weighted by molar-refractivity contribution is -0.142. The van der Waals surface area contributed by atoms with Crippen LogP contribution in [0, 0.1) is 23.3 Å². The van der Waals surface area contributed by atoms with Crippen molar-refractivity contribution < 1.29 is 31.8 Å². The standard InChI is InChI=1S/C11H9F4NO3/c12-4-1-5(13)10(15)11(9(4)14)18-3-7-6(16)2-8(17)19-7/h1,6-7H,2-3,16H2/t6-,7?/m0/s1. The fraction of sp³-hybridized carbons (Fsp3) is 0.364. The van der Waals surface area contributed by atoms with Gasteiger partial charge in [-0.2, -0.15) is 8.78 Å². The highest BCUT2D eigenvalue weighted by molar-refractivity contribution is 5.72. The number of carbonyl (C=O) groups is 1. The minimum Gasteiger partial charge on any atom is -0.483 e. The van der Waals surface area contributed by atoms with Gasteiger partial charge in [0, 0.05) is 6.07 Å². The van der Waals surface area contributed by atoms with Crippen LogP contribution in [0.2, 0.25) is 0 Å². The van der Waals surface area contributed by atoms with E-state index in [2.05, 4.69) is 4.74 Å². The van der Waals surface area contributed by atoms with Gasteiger partial charge < -0.3 is 15.2 Å². The minimum atomic E-state index is -1.66. The minimum absolute atomic E-state index is 0.0590. The van der Waals surface area contributed by atoms with Crippen LogP contribution in [0.3, 0.4) is 0 Å². The number of hydrogen-bond donors (Lipinski definition) is 1. The molecule has 0 aliphatic carbocycles. The van der Waals surface area contributed by atoms with Crippen LogP contribution >= 0.6 is 0 Å². The summed E-state index contributed by atoms with van der Waals surface area (Å²) in [6.07, 6.45) is -0.978. The molecule has 1 aliphatic heterocycles. The van der Waals surface area contributed by atoms with Gasteiger partial charge in [-0.05, 0) is 0 Å². The Morgan fingerprint density at radius 3 is 2.32 bits per heavy atom. The van der Waals surface area contributed by atoms with Crippen LogP contribution in [0.5, 0.6) is 5.75 Å². The fourth-order valence-electron chi connectivity index (χ4n) is 1.63. The zero-order valence-electron chi connectivity index (χ0n) is 9.46. The molecule has 1 unspecified atom stereocenters. The SMILES string of the molecule is N[C@H]1CC(=O)OC1COc1c(F)c(F)cc(F)c1F. The second kappa shape index (κ2) is 5.04. The highest BCUT2D eigenvalue weighted by atomic mass is 19.2. The van der Waals surface area contributed by atoms with Gasteiger partial charge in [-0.3, -0.25) is 4.79 Å². The smallest absolute Gasteiger partial charge is 0.307 e. The van der Waals surface area contributed by atoms with Crippen molar-refractivity contribution in [2.24, 2.45) is 5.73 Å². The van der Waals surface area contributed by atoms with Gasteiger partial charge in [-0.1, -0.05) is 0 Å². The van der Waals surface area contributed by atoms with Crippen LogP contribution in [0.25, 0.3) is 0 Å². The molecule has 1 heterocycles. The van der Waals surface area contributed by atoms with E-state index >= 15 is 0 Å². The van der Waals surface area contributed by atoms with E-state index in [1.54, 1.807) is 0 Å². The van der Waals surface area contributed by atoms with Crippen molar-refractivity contribution >= 4 is 5.97 Å². The molecule has 0 spiro atoms.